The summed E-state index contributed by atoms with van der Waals surface area (Å²) in [4.78, 5) is 11.5. The molecule has 1 aliphatic carbocycles. The topological polar surface area (TPSA) is 49.3 Å². The highest BCUT2D eigenvalue weighted by molar-refractivity contribution is 6.34. The van der Waals surface area contributed by atoms with E-state index in [4.69, 9.17) is 11.6 Å². The molecule has 1 aliphatic heterocycles. The average molecular weight is 314 g/mol. The maximum atomic E-state index is 11.5. The third kappa shape index (κ3) is 2.13. The third-order valence-corrected chi connectivity index (χ3v) is 5.10. The lowest BCUT2D eigenvalue weighted by Crippen LogP contribution is -2.11. The highest BCUT2D eigenvalue weighted by Crippen LogP contribution is 2.48. The van der Waals surface area contributed by atoms with Crippen LogP contribution in [-0.4, -0.2) is 17.6 Å². The zero-order valence-electron chi connectivity index (χ0n) is 12.0. The molecular formula is C18H16ClNO2. The summed E-state index contributed by atoms with van der Waals surface area (Å²) in [7, 11) is 0. The molecule has 0 unspecified atom stereocenters. The first-order chi connectivity index (χ1) is 10.6. The first-order valence-electron chi connectivity index (χ1n) is 7.45. The van der Waals surface area contributed by atoms with Gasteiger partial charge in [0.2, 0.25) is 5.91 Å². The van der Waals surface area contributed by atoms with Crippen molar-refractivity contribution in [2.75, 3.05) is 11.9 Å². The van der Waals surface area contributed by atoms with Crippen molar-refractivity contribution in [2.45, 2.75) is 24.7 Å². The van der Waals surface area contributed by atoms with Gasteiger partial charge in [0, 0.05) is 16.7 Å². The fraction of sp³-hybridized carbons (Fsp3) is 0.278. The van der Waals surface area contributed by atoms with E-state index in [0.29, 0.717) is 11.4 Å². The van der Waals surface area contributed by atoms with Gasteiger partial charge in [0.25, 0.3) is 0 Å². The first-order valence-corrected chi connectivity index (χ1v) is 7.83. The number of rotatable bonds is 3. The molecule has 1 heterocycles. The number of fused-ring (bicyclic) bond motifs is 1. The summed E-state index contributed by atoms with van der Waals surface area (Å²) in [6.45, 7) is 0.208. The molecule has 1 fully saturated rings. The van der Waals surface area contributed by atoms with Crippen molar-refractivity contribution in [3.05, 3.63) is 52.5 Å². The second kappa shape index (κ2) is 4.83. The van der Waals surface area contributed by atoms with Crippen molar-refractivity contribution in [2.24, 2.45) is 0 Å². The molecular weight excluding hydrogens is 298 g/mol. The lowest BCUT2D eigenvalue weighted by molar-refractivity contribution is -0.115. The molecule has 4 rings (SSSR count). The number of aliphatic hydroxyl groups is 1. The lowest BCUT2D eigenvalue weighted by Gasteiger charge is -2.13. The Morgan fingerprint density at radius 3 is 2.55 bits per heavy atom. The summed E-state index contributed by atoms with van der Waals surface area (Å²) in [5, 5.41) is 13.0. The molecule has 0 spiro atoms. The molecule has 1 amide bonds. The SMILES string of the molecule is O=C1Cc2cc(-c3ccc(C4(CO)CC4)cc3)c(Cl)cc2N1. The van der Waals surface area contributed by atoms with Crippen LogP contribution < -0.4 is 5.32 Å². The van der Waals surface area contributed by atoms with Crippen molar-refractivity contribution < 1.29 is 9.90 Å². The molecule has 2 aliphatic rings. The van der Waals surface area contributed by atoms with Gasteiger partial charge < -0.3 is 10.4 Å². The van der Waals surface area contributed by atoms with Gasteiger partial charge in [0.15, 0.2) is 0 Å². The molecule has 112 valence electrons. The normalized spacial score (nSPS) is 18.0. The van der Waals surface area contributed by atoms with Crippen molar-refractivity contribution in [3.63, 3.8) is 0 Å². The van der Waals surface area contributed by atoms with E-state index in [9.17, 15) is 9.90 Å². The minimum atomic E-state index is -0.0173. The number of amides is 1. The molecule has 2 aromatic carbocycles. The smallest absolute Gasteiger partial charge is 0.228 e. The minimum absolute atomic E-state index is 0.0113. The van der Waals surface area contributed by atoms with Gasteiger partial charge in [-0.1, -0.05) is 35.9 Å². The zero-order valence-corrected chi connectivity index (χ0v) is 12.8. The van der Waals surface area contributed by atoms with E-state index >= 15 is 0 Å². The summed E-state index contributed by atoms with van der Waals surface area (Å²) in [5.74, 6) is 0.0113. The maximum absolute atomic E-state index is 11.5. The number of nitrogens with one attached hydrogen (secondary N) is 1. The van der Waals surface area contributed by atoms with Gasteiger partial charge in [-0.25, -0.2) is 0 Å². The number of hydrogen-bond donors (Lipinski definition) is 2. The highest BCUT2D eigenvalue weighted by atomic mass is 35.5. The van der Waals surface area contributed by atoms with Crippen LogP contribution in [0.25, 0.3) is 11.1 Å². The standard InChI is InChI=1S/C18H16ClNO2/c19-15-9-16-12(8-17(22)20-16)7-14(15)11-1-3-13(4-2-11)18(10-21)5-6-18/h1-4,7,9,21H,5-6,8,10H2,(H,20,22). The number of hydrogen-bond acceptors (Lipinski definition) is 2. The second-order valence-corrected chi connectivity index (χ2v) is 6.64. The molecule has 4 heteroatoms. The molecule has 3 nitrogen and oxygen atoms in total. The quantitative estimate of drug-likeness (QED) is 0.911. The molecule has 2 N–H and O–H groups in total. The molecule has 0 atom stereocenters. The summed E-state index contributed by atoms with van der Waals surface area (Å²) in [6, 6.07) is 12.0. The number of halogens is 1. The Hall–Kier alpha value is -1.84. The highest BCUT2D eigenvalue weighted by Gasteiger charge is 2.43. The van der Waals surface area contributed by atoms with E-state index in [1.165, 1.54) is 5.56 Å². The zero-order chi connectivity index (χ0) is 15.3. The Morgan fingerprint density at radius 1 is 1.18 bits per heavy atom. The number of anilines is 1. The third-order valence-electron chi connectivity index (χ3n) is 4.78. The van der Waals surface area contributed by atoms with Gasteiger partial charge in [0.05, 0.1) is 18.1 Å². The van der Waals surface area contributed by atoms with E-state index in [-0.39, 0.29) is 17.9 Å². The Labute approximate surface area is 133 Å². The molecule has 2 aromatic rings. The summed E-state index contributed by atoms with van der Waals surface area (Å²) in [6.07, 6.45) is 2.51. The van der Waals surface area contributed by atoms with Crippen LogP contribution in [0.4, 0.5) is 5.69 Å². The lowest BCUT2D eigenvalue weighted by atomic mass is 9.94. The molecule has 22 heavy (non-hydrogen) atoms. The van der Waals surface area contributed by atoms with E-state index < -0.39 is 0 Å². The second-order valence-electron chi connectivity index (χ2n) is 6.23. The number of carbonyl (C=O) groups excluding carboxylic acids is 1. The van der Waals surface area contributed by atoms with E-state index in [2.05, 4.69) is 17.4 Å². The average Bonchev–Trinajstić information content (AvgIpc) is 3.24. The number of benzene rings is 2. The largest absolute Gasteiger partial charge is 0.395 e. The number of aliphatic hydroxyl groups excluding tert-OH is 1. The van der Waals surface area contributed by atoms with Crippen molar-refractivity contribution in [3.8, 4) is 11.1 Å². The van der Waals surface area contributed by atoms with E-state index in [0.717, 1.165) is 35.2 Å². The monoisotopic (exact) mass is 313 g/mol. The van der Waals surface area contributed by atoms with E-state index in [1.54, 1.807) is 0 Å². The van der Waals surface area contributed by atoms with Gasteiger partial charge in [0.1, 0.15) is 0 Å². The van der Waals surface area contributed by atoms with Crippen LogP contribution >= 0.6 is 11.6 Å². The Balaban J connectivity index is 1.71. The fourth-order valence-corrected chi connectivity index (χ4v) is 3.43. The van der Waals surface area contributed by atoms with Crippen LogP contribution in [0.15, 0.2) is 36.4 Å². The molecule has 0 radical (unpaired) electrons. The van der Waals surface area contributed by atoms with Gasteiger partial charge in [-0.3, -0.25) is 4.79 Å². The van der Waals surface area contributed by atoms with Crippen LogP contribution in [0, 0.1) is 0 Å². The molecule has 1 saturated carbocycles. The van der Waals surface area contributed by atoms with E-state index in [1.807, 2.05) is 24.3 Å². The van der Waals surface area contributed by atoms with Gasteiger partial charge in [-0.05, 0) is 41.7 Å². The summed E-state index contributed by atoms with van der Waals surface area (Å²) in [5.41, 5.74) is 4.95. The van der Waals surface area contributed by atoms with Gasteiger partial charge in [-0.15, -0.1) is 0 Å². The summed E-state index contributed by atoms with van der Waals surface area (Å²) >= 11 is 6.37. The Kier molecular flexibility index (Phi) is 3.03. The molecule has 0 bridgehead atoms. The minimum Gasteiger partial charge on any atom is -0.395 e. The van der Waals surface area contributed by atoms with Crippen molar-refractivity contribution in [1.29, 1.82) is 0 Å². The predicted molar refractivity (Wildman–Crippen MR) is 87.2 cm³/mol. The van der Waals surface area contributed by atoms with Gasteiger partial charge in [-0.2, -0.15) is 0 Å². The Morgan fingerprint density at radius 2 is 1.91 bits per heavy atom. The van der Waals surface area contributed by atoms with Crippen LogP contribution in [0.5, 0.6) is 0 Å². The van der Waals surface area contributed by atoms with Crippen LogP contribution in [0.3, 0.4) is 0 Å². The summed E-state index contributed by atoms with van der Waals surface area (Å²) < 4.78 is 0. The van der Waals surface area contributed by atoms with Crippen molar-refractivity contribution in [1.82, 2.24) is 0 Å². The van der Waals surface area contributed by atoms with Crippen LogP contribution in [-0.2, 0) is 16.6 Å². The van der Waals surface area contributed by atoms with Crippen LogP contribution in [0.2, 0.25) is 5.02 Å². The van der Waals surface area contributed by atoms with Crippen LogP contribution in [0.1, 0.15) is 24.0 Å². The Bertz CT molecular complexity index is 763. The molecule has 0 saturated heterocycles. The van der Waals surface area contributed by atoms with Crippen molar-refractivity contribution >= 4 is 23.2 Å². The van der Waals surface area contributed by atoms with Gasteiger partial charge >= 0.3 is 0 Å². The maximum Gasteiger partial charge on any atom is 0.228 e. The number of carbonyl (C=O) groups is 1. The fourth-order valence-electron chi connectivity index (χ4n) is 3.16. The predicted octanol–water partition coefficient (Wildman–Crippen LogP) is 3.53. The first kappa shape index (κ1) is 13.8. The molecule has 0 aromatic heterocycles.